The van der Waals surface area contributed by atoms with Crippen LogP contribution in [0.4, 0.5) is 5.69 Å². The summed E-state index contributed by atoms with van der Waals surface area (Å²) in [6.45, 7) is 4.87. The number of amides is 1. The summed E-state index contributed by atoms with van der Waals surface area (Å²) in [7, 11) is 0. The van der Waals surface area contributed by atoms with Crippen LogP contribution in [0.2, 0.25) is 0 Å². The summed E-state index contributed by atoms with van der Waals surface area (Å²) in [5.74, 6) is 1.48. The van der Waals surface area contributed by atoms with Crippen molar-refractivity contribution >= 4 is 11.6 Å². The van der Waals surface area contributed by atoms with E-state index in [0.717, 1.165) is 51.3 Å². The first-order valence-electron chi connectivity index (χ1n) is 9.38. The molecule has 2 fully saturated rings. The molecule has 2 saturated heterocycles. The van der Waals surface area contributed by atoms with E-state index in [1.165, 1.54) is 24.4 Å². The maximum atomic E-state index is 11.8. The Labute approximate surface area is 147 Å². The molecule has 132 valence electrons. The molecule has 0 bridgehead atoms. The van der Waals surface area contributed by atoms with Gasteiger partial charge in [0.05, 0.1) is 23.6 Å². The highest BCUT2D eigenvalue weighted by molar-refractivity contribution is 5.95. The van der Waals surface area contributed by atoms with E-state index in [1.807, 2.05) is 22.0 Å². The summed E-state index contributed by atoms with van der Waals surface area (Å²) in [4.78, 5) is 20.9. The first-order valence-corrected chi connectivity index (χ1v) is 9.38. The molecule has 7 nitrogen and oxygen atoms in total. The first kappa shape index (κ1) is 15.1. The monoisotopic (exact) mass is 340 g/mol. The van der Waals surface area contributed by atoms with E-state index < -0.39 is 0 Å². The molecule has 0 atom stereocenters. The van der Waals surface area contributed by atoms with Gasteiger partial charge in [0, 0.05) is 58.0 Å². The summed E-state index contributed by atoms with van der Waals surface area (Å²) < 4.78 is 4.35. The third-order valence-corrected chi connectivity index (χ3v) is 5.63. The molecular weight excluding hydrogens is 316 g/mol. The van der Waals surface area contributed by atoms with Crippen LogP contribution in [0.5, 0.6) is 0 Å². The van der Waals surface area contributed by atoms with Crippen molar-refractivity contribution in [2.75, 3.05) is 24.5 Å². The zero-order valence-corrected chi connectivity index (χ0v) is 14.5. The minimum atomic E-state index is 0.221. The lowest BCUT2D eigenvalue weighted by Crippen LogP contribution is -2.47. The lowest BCUT2D eigenvalue weighted by atomic mass is 10.1. The van der Waals surface area contributed by atoms with Gasteiger partial charge in [-0.25, -0.2) is 4.98 Å². The number of hydrogen-bond donors (Lipinski definition) is 0. The van der Waals surface area contributed by atoms with Crippen LogP contribution in [0.25, 0.3) is 0 Å². The topological polar surface area (TPSA) is 59.2 Å². The van der Waals surface area contributed by atoms with E-state index in [9.17, 15) is 4.79 Å². The van der Waals surface area contributed by atoms with Gasteiger partial charge in [-0.2, -0.15) is 5.10 Å². The minimum absolute atomic E-state index is 0.221. The average Bonchev–Trinajstić information content (AvgIpc) is 3.28. The van der Waals surface area contributed by atoms with Crippen LogP contribution in [-0.4, -0.2) is 49.8 Å². The molecule has 0 aliphatic carbocycles. The van der Waals surface area contributed by atoms with Gasteiger partial charge in [0.2, 0.25) is 5.91 Å². The van der Waals surface area contributed by atoms with E-state index in [2.05, 4.69) is 20.8 Å². The number of imidazole rings is 1. The highest BCUT2D eigenvalue weighted by atomic mass is 16.2. The van der Waals surface area contributed by atoms with Gasteiger partial charge in [0.15, 0.2) is 0 Å². The molecule has 5 rings (SSSR count). The number of aryl methyl sites for hydroxylation is 2. The molecule has 3 aliphatic rings. The molecule has 0 unspecified atom stereocenters. The van der Waals surface area contributed by atoms with Gasteiger partial charge >= 0.3 is 0 Å². The maximum absolute atomic E-state index is 11.8. The van der Waals surface area contributed by atoms with Crippen LogP contribution >= 0.6 is 0 Å². The number of likely N-dealkylation sites (tertiary alicyclic amines) is 1. The Kier molecular flexibility index (Phi) is 3.62. The largest absolute Gasteiger partial charge is 0.335 e. The fraction of sp³-hybridized carbons (Fsp3) is 0.611. The Morgan fingerprint density at radius 2 is 2.00 bits per heavy atom. The highest BCUT2D eigenvalue weighted by Crippen LogP contribution is 2.27. The van der Waals surface area contributed by atoms with Crippen molar-refractivity contribution in [2.24, 2.45) is 0 Å². The number of aromatic nitrogens is 4. The second-order valence-corrected chi connectivity index (χ2v) is 7.47. The SMILES string of the molecule is O=C1CCCN1c1cnn(C2CN(Cc3cn4c(n3)CCCC4)C2)c1. The smallest absolute Gasteiger partial charge is 0.227 e. The van der Waals surface area contributed by atoms with Crippen molar-refractivity contribution in [3.63, 3.8) is 0 Å². The van der Waals surface area contributed by atoms with Crippen molar-refractivity contribution in [3.05, 3.63) is 30.1 Å². The van der Waals surface area contributed by atoms with E-state index in [1.54, 1.807) is 0 Å². The molecular formula is C18H24N6O. The zero-order chi connectivity index (χ0) is 16.8. The predicted octanol–water partition coefficient (Wildman–Crippen LogP) is 1.60. The summed E-state index contributed by atoms with van der Waals surface area (Å²) in [5.41, 5.74) is 2.14. The van der Waals surface area contributed by atoms with Gasteiger partial charge in [-0.3, -0.25) is 14.4 Å². The maximum Gasteiger partial charge on any atom is 0.227 e. The van der Waals surface area contributed by atoms with Gasteiger partial charge in [-0.1, -0.05) is 0 Å². The number of anilines is 1. The van der Waals surface area contributed by atoms with E-state index in [0.29, 0.717) is 12.5 Å². The molecule has 7 heteroatoms. The summed E-state index contributed by atoms with van der Waals surface area (Å²) in [6.07, 6.45) is 11.4. The van der Waals surface area contributed by atoms with Gasteiger partial charge in [0.25, 0.3) is 0 Å². The van der Waals surface area contributed by atoms with E-state index in [-0.39, 0.29) is 5.91 Å². The number of hydrogen-bond acceptors (Lipinski definition) is 4. The Morgan fingerprint density at radius 1 is 1.08 bits per heavy atom. The molecule has 0 spiro atoms. The molecule has 2 aromatic heterocycles. The molecule has 0 radical (unpaired) electrons. The van der Waals surface area contributed by atoms with Crippen molar-refractivity contribution in [2.45, 2.75) is 51.2 Å². The summed E-state index contributed by atoms with van der Waals surface area (Å²) in [5, 5.41) is 4.49. The Balaban J connectivity index is 1.19. The summed E-state index contributed by atoms with van der Waals surface area (Å²) in [6, 6.07) is 0.406. The van der Waals surface area contributed by atoms with Crippen molar-refractivity contribution < 1.29 is 4.79 Å². The molecule has 25 heavy (non-hydrogen) atoms. The Bertz CT molecular complexity index is 764. The molecule has 5 heterocycles. The normalized spacial score (nSPS) is 21.6. The van der Waals surface area contributed by atoms with Crippen molar-refractivity contribution in [3.8, 4) is 0 Å². The molecule has 0 saturated carbocycles. The van der Waals surface area contributed by atoms with Crippen molar-refractivity contribution in [1.82, 2.24) is 24.2 Å². The van der Waals surface area contributed by atoms with Gasteiger partial charge in [-0.05, 0) is 19.3 Å². The van der Waals surface area contributed by atoms with E-state index >= 15 is 0 Å². The third kappa shape index (κ3) is 2.76. The average molecular weight is 340 g/mol. The predicted molar refractivity (Wildman–Crippen MR) is 93.3 cm³/mol. The van der Waals surface area contributed by atoms with Crippen LogP contribution in [0.1, 0.15) is 43.2 Å². The van der Waals surface area contributed by atoms with Crippen LogP contribution in [0, 0.1) is 0 Å². The van der Waals surface area contributed by atoms with Gasteiger partial charge in [0.1, 0.15) is 5.82 Å². The fourth-order valence-corrected chi connectivity index (χ4v) is 4.20. The Hall–Kier alpha value is -2.15. The zero-order valence-electron chi connectivity index (χ0n) is 14.5. The Morgan fingerprint density at radius 3 is 2.80 bits per heavy atom. The van der Waals surface area contributed by atoms with Crippen LogP contribution in [0.3, 0.4) is 0 Å². The standard InChI is InChI=1S/C18H24N6O/c25-18-5-3-7-23(18)15-8-19-24(13-15)16-11-21(12-16)9-14-10-22-6-2-1-4-17(22)20-14/h8,10,13,16H,1-7,9,11-12H2. The first-order chi connectivity index (χ1) is 12.3. The molecule has 1 amide bonds. The van der Waals surface area contributed by atoms with E-state index in [4.69, 9.17) is 4.98 Å². The summed E-state index contributed by atoms with van der Waals surface area (Å²) >= 11 is 0. The molecule has 0 aromatic carbocycles. The lowest BCUT2D eigenvalue weighted by molar-refractivity contribution is -0.117. The van der Waals surface area contributed by atoms with Crippen molar-refractivity contribution in [1.29, 1.82) is 0 Å². The molecule has 2 aromatic rings. The minimum Gasteiger partial charge on any atom is -0.335 e. The third-order valence-electron chi connectivity index (χ3n) is 5.63. The number of rotatable bonds is 4. The van der Waals surface area contributed by atoms with Crippen LogP contribution in [-0.2, 0) is 24.3 Å². The van der Waals surface area contributed by atoms with Gasteiger partial charge in [-0.15, -0.1) is 0 Å². The fourth-order valence-electron chi connectivity index (χ4n) is 4.20. The highest BCUT2D eigenvalue weighted by Gasteiger charge is 2.31. The second kappa shape index (κ2) is 5.98. The number of fused-ring (bicyclic) bond motifs is 1. The number of nitrogens with zero attached hydrogens (tertiary/aromatic N) is 6. The number of carbonyl (C=O) groups is 1. The second-order valence-electron chi connectivity index (χ2n) is 7.47. The van der Waals surface area contributed by atoms with Crippen LogP contribution in [0.15, 0.2) is 18.6 Å². The number of carbonyl (C=O) groups excluding carboxylic acids is 1. The lowest BCUT2D eigenvalue weighted by Gasteiger charge is -2.38. The quantitative estimate of drug-likeness (QED) is 0.848. The van der Waals surface area contributed by atoms with Crippen LogP contribution < -0.4 is 4.90 Å². The molecule has 0 N–H and O–H groups in total. The van der Waals surface area contributed by atoms with Gasteiger partial charge < -0.3 is 9.47 Å². The molecule has 3 aliphatic heterocycles.